The molecule has 0 aliphatic carbocycles. The molecular formula is C22H26N4O3. The van der Waals surface area contributed by atoms with E-state index in [0.29, 0.717) is 6.42 Å². The Kier molecular flexibility index (Phi) is 6.61. The average molecular weight is 394 g/mol. The van der Waals surface area contributed by atoms with Gasteiger partial charge in [-0.25, -0.2) is 10.0 Å². The van der Waals surface area contributed by atoms with Gasteiger partial charge < -0.3 is 4.74 Å². The van der Waals surface area contributed by atoms with Crippen molar-refractivity contribution in [3.05, 3.63) is 65.7 Å². The molecule has 0 unspecified atom stereocenters. The van der Waals surface area contributed by atoms with E-state index >= 15 is 0 Å². The Morgan fingerprint density at radius 3 is 2.41 bits per heavy atom. The third-order valence-electron chi connectivity index (χ3n) is 4.69. The minimum absolute atomic E-state index is 0.0951. The fourth-order valence-electron chi connectivity index (χ4n) is 3.27. The van der Waals surface area contributed by atoms with Crippen LogP contribution in [-0.2, 0) is 9.59 Å². The first-order chi connectivity index (χ1) is 14.0. The molecule has 0 bridgehead atoms. The second kappa shape index (κ2) is 9.34. The summed E-state index contributed by atoms with van der Waals surface area (Å²) in [5.41, 5.74) is 5.48. The third-order valence-corrected chi connectivity index (χ3v) is 4.69. The molecule has 1 atom stereocenters. The van der Waals surface area contributed by atoms with Crippen LogP contribution < -0.4 is 10.2 Å². The van der Waals surface area contributed by atoms with Crippen LogP contribution in [0.3, 0.4) is 0 Å². The number of hydrazine groups is 1. The molecule has 0 aromatic heterocycles. The van der Waals surface area contributed by atoms with Crippen LogP contribution >= 0.6 is 0 Å². The highest BCUT2D eigenvalue weighted by atomic mass is 16.5. The molecule has 0 radical (unpaired) electrons. The molecule has 1 heterocycles. The van der Waals surface area contributed by atoms with E-state index in [1.165, 1.54) is 5.01 Å². The molecule has 1 N–H and O–H groups in total. The number of benzene rings is 2. The Morgan fingerprint density at radius 2 is 1.79 bits per heavy atom. The van der Waals surface area contributed by atoms with Crippen molar-refractivity contribution in [2.75, 3.05) is 21.2 Å². The zero-order chi connectivity index (χ0) is 20.8. The van der Waals surface area contributed by atoms with Crippen LogP contribution in [0.15, 0.2) is 59.7 Å². The summed E-state index contributed by atoms with van der Waals surface area (Å²) in [6.45, 7) is 0. The molecule has 2 aromatic carbocycles. The van der Waals surface area contributed by atoms with Crippen molar-refractivity contribution < 1.29 is 14.3 Å². The molecule has 2 aromatic rings. The number of carbonyl (C=O) groups is 2. The summed E-state index contributed by atoms with van der Waals surface area (Å²) in [6, 6.07) is 17.3. The summed E-state index contributed by atoms with van der Waals surface area (Å²) in [5, 5.41) is 7.71. The lowest BCUT2D eigenvalue weighted by atomic mass is 9.98. The number of rotatable bonds is 7. The molecule has 0 saturated heterocycles. The standard InChI is InChI=1S/C22H26N4O3/c1-25(2)24-21(27)13-14-22(28)26-20(17-9-11-18(29-3)12-10-17)15-19(23-26)16-7-5-4-6-8-16/h4-12,20H,13-15H2,1-3H3,(H,24,27)/t20-/m1/s1. The van der Waals surface area contributed by atoms with Crippen LogP contribution in [0, 0.1) is 0 Å². The SMILES string of the molecule is COc1ccc([C@H]2CC(c3ccccc3)=NN2C(=O)CCC(=O)NN(C)C)cc1. The Morgan fingerprint density at radius 1 is 1.10 bits per heavy atom. The minimum atomic E-state index is -0.208. The maximum Gasteiger partial charge on any atom is 0.243 e. The Labute approximate surface area is 170 Å². The number of amides is 2. The topological polar surface area (TPSA) is 74.2 Å². The number of ether oxygens (including phenoxy) is 1. The maximum atomic E-state index is 12.9. The lowest BCUT2D eigenvalue weighted by molar-refractivity contribution is -0.135. The van der Waals surface area contributed by atoms with Crippen LogP contribution in [0.4, 0.5) is 0 Å². The largest absolute Gasteiger partial charge is 0.497 e. The summed E-state index contributed by atoms with van der Waals surface area (Å²) in [5.74, 6) is 0.385. The van der Waals surface area contributed by atoms with E-state index in [2.05, 4.69) is 10.5 Å². The van der Waals surface area contributed by atoms with Gasteiger partial charge in [-0.15, -0.1) is 0 Å². The van der Waals surface area contributed by atoms with Gasteiger partial charge in [0.1, 0.15) is 5.75 Å². The van der Waals surface area contributed by atoms with Crippen molar-refractivity contribution in [3.63, 3.8) is 0 Å². The molecule has 3 rings (SSSR count). The van der Waals surface area contributed by atoms with Crippen LogP contribution in [0.2, 0.25) is 0 Å². The molecule has 29 heavy (non-hydrogen) atoms. The molecule has 7 nitrogen and oxygen atoms in total. The van der Waals surface area contributed by atoms with Crippen molar-refractivity contribution in [3.8, 4) is 5.75 Å². The van der Waals surface area contributed by atoms with Crippen molar-refractivity contribution in [2.24, 2.45) is 5.10 Å². The monoisotopic (exact) mass is 394 g/mol. The van der Waals surface area contributed by atoms with Gasteiger partial charge in [-0.2, -0.15) is 5.10 Å². The molecular weight excluding hydrogens is 368 g/mol. The number of methoxy groups -OCH3 is 1. The molecule has 2 amide bonds. The molecule has 152 valence electrons. The van der Waals surface area contributed by atoms with Gasteiger partial charge in [0.15, 0.2) is 0 Å². The second-order valence-corrected chi connectivity index (χ2v) is 7.07. The van der Waals surface area contributed by atoms with Crippen molar-refractivity contribution in [1.29, 1.82) is 0 Å². The van der Waals surface area contributed by atoms with Gasteiger partial charge in [0.25, 0.3) is 0 Å². The summed E-state index contributed by atoms with van der Waals surface area (Å²) in [6.07, 6.45) is 0.822. The van der Waals surface area contributed by atoms with Gasteiger partial charge >= 0.3 is 0 Å². The van der Waals surface area contributed by atoms with E-state index in [4.69, 9.17) is 4.74 Å². The Balaban J connectivity index is 1.80. The normalized spacial score (nSPS) is 15.9. The quantitative estimate of drug-likeness (QED) is 0.733. The van der Waals surface area contributed by atoms with Crippen molar-refractivity contribution >= 4 is 17.5 Å². The molecule has 7 heteroatoms. The number of nitrogens with one attached hydrogen (secondary N) is 1. The van der Waals surface area contributed by atoms with E-state index in [-0.39, 0.29) is 30.7 Å². The van der Waals surface area contributed by atoms with Gasteiger partial charge in [-0.1, -0.05) is 42.5 Å². The fourth-order valence-corrected chi connectivity index (χ4v) is 3.27. The third kappa shape index (κ3) is 5.20. The first-order valence-electron chi connectivity index (χ1n) is 9.53. The summed E-state index contributed by atoms with van der Waals surface area (Å²) >= 11 is 0. The van der Waals surface area contributed by atoms with E-state index in [9.17, 15) is 9.59 Å². The van der Waals surface area contributed by atoms with Crippen molar-refractivity contribution in [2.45, 2.75) is 25.3 Å². The predicted molar refractivity (Wildman–Crippen MR) is 111 cm³/mol. The number of nitrogens with zero attached hydrogens (tertiary/aromatic N) is 3. The van der Waals surface area contributed by atoms with Gasteiger partial charge in [-0.05, 0) is 23.3 Å². The Bertz CT molecular complexity index is 879. The highest BCUT2D eigenvalue weighted by Gasteiger charge is 2.33. The lowest BCUT2D eigenvalue weighted by Gasteiger charge is -2.22. The number of hydrogen-bond donors (Lipinski definition) is 1. The van der Waals surface area contributed by atoms with Crippen LogP contribution in [-0.4, -0.2) is 48.7 Å². The molecule has 0 saturated carbocycles. The van der Waals surface area contributed by atoms with Gasteiger partial charge in [0.2, 0.25) is 11.8 Å². The zero-order valence-electron chi connectivity index (χ0n) is 17.0. The lowest BCUT2D eigenvalue weighted by Crippen LogP contribution is -2.37. The van der Waals surface area contributed by atoms with Gasteiger partial charge in [-0.3, -0.25) is 15.0 Å². The zero-order valence-corrected chi connectivity index (χ0v) is 17.0. The molecule has 0 fully saturated rings. The molecule has 0 spiro atoms. The number of carbonyl (C=O) groups excluding carboxylic acids is 2. The van der Waals surface area contributed by atoms with Crippen LogP contribution in [0.25, 0.3) is 0 Å². The Hall–Kier alpha value is -3.19. The van der Waals surface area contributed by atoms with Crippen LogP contribution in [0.5, 0.6) is 5.75 Å². The minimum Gasteiger partial charge on any atom is -0.497 e. The summed E-state index contributed by atoms with van der Waals surface area (Å²) in [7, 11) is 5.09. The highest BCUT2D eigenvalue weighted by molar-refractivity contribution is 6.03. The van der Waals surface area contributed by atoms with Gasteiger partial charge in [0, 0.05) is 33.4 Å². The predicted octanol–water partition coefficient (Wildman–Crippen LogP) is 2.75. The summed E-state index contributed by atoms with van der Waals surface area (Å²) in [4.78, 5) is 24.8. The smallest absolute Gasteiger partial charge is 0.243 e. The number of hydrazone groups is 1. The van der Waals surface area contributed by atoms with Gasteiger partial charge in [0.05, 0.1) is 18.9 Å². The van der Waals surface area contributed by atoms with Crippen LogP contribution in [0.1, 0.15) is 36.4 Å². The first kappa shape index (κ1) is 20.5. The van der Waals surface area contributed by atoms with Crippen molar-refractivity contribution in [1.82, 2.24) is 15.4 Å². The second-order valence-electron chi connectivity index (χ2n) is 7.07. The molecule has 1 aliphatic rings. The highest BCUT2D eigenvalue weighted by Crippen LogP contribution is 2.34. The van der Waals surface area contributed by atoms with E-state index in [1.54, 1.807) is 26.2 Å². The van der Waals surface area contributed by atoms with E-state index in [1.807, 2.05) is 54.6 Å². The number of hydrogen-bond acceptors (Lipinski definition) is 5. The summed E-state index contributed by atoms with van der Waals surface area (Å²) < 4.78 is 5.24. The average Bonchev–Trinajstić information content (AvgIpc) is 3.18. The van der Waals surface area contributed by atoms with E-state index < -0.39 is 0 Å². The first-order valence-corrected chi connectivity index (χ1v) is 9.53. The maximum absolute atomic E-state index is 12.9. The fraction of sp³-hybridized carbons (Fsp3) is 0.318. The molecule has 1 aliphatic heterocycles. The van der Waals surface area contributed by atoms with E-state index in [0.717, 1.165) is 22.6 Å².